The number of likely N-dealkylation sites (tertiary alicyclic amines) is 2. The first-order valence-corrected chi connectivity index (χ1v) is 9.81. The molecular formula is C23H30N2. The van der Waals surface area contributed by atoms with E-state index in [0.717, 1.165) is 18.4 Å². The van der Waals surface area contributed by atoms with Crippen molar-refractivity contribution in [2.45, 2.75) is 25.8 Å². The largest absolute Gasteiger partial charge is 0.303 e. The molecule has 2 nitrogen and oxygen atoms in total. The molecule has 3 atom stereocenters. The van der Waals surface area contributed by atoms with Gasteiger partial charge in [0.05, 0.1) is 0 Å². The molecule has 25 heavy (non-hydrogen) atoms. The summed E-state index contributed by atoms with van der Waals surface area (Å²) in [6, 6.07) is 21.9. The fourth-order valence-corrected chi connectivity index (χ4v) is 4.67. The van der Waals surface area contributed by atoms with Gasteiger partial charge in [-0.3, -0.25) is 4.90 Å². The average molecular weight is 335 g/mol. The van der Waals surface area contributed by atoms with Crippen LogP contribution in [0, 0.1) is 11.8 Å². The Morgan fingerprint density at radius 2 is 1.36 bits per heavy atom. The Bertz CT molecular complexity index is 640. The number of hydrogen-bond donors (Lipinski definition) is 0. The van der Waals surface area contributed by atoms with Crippen LogP contribution in [-0.4, -0.2) is 42.5 Å². The van der Waals surface area contributed by atoms with E-state index in [4.69, 9.17) is 0 Å². The lowest BCUT2D eigenvalue weighted by atomic mass is 9.98. The van der Waals surface area contributed by atoms with E-state index in [1.54, 1.807) is 0 Å². The highest BCUT2D eigenvalue weighted by Gasteiger charge is 2.39. The van der Waals surface area contributed by atoms with E-state index in [1.807, 2.05) is 0 Å². The number of hydrogen-bond acceptors (Lipinski definition) is 2. The molecule has 2 aliphatic rings. The molecule has 4 rings (SSSR count). The smallest absolute Gasteiger partial charge is 0.0233 e. The van der Waals surface area contributed by atoms with E-state index in [2.05, 4.69) is 77.4 Å². The fraction of sp³-hybridized carbons (Fsp3) is 0.478. The lowest BCUT2D eigenvalue weighted by molar-refractivity contribution is 0.246. The van der Waals surface area contributed by atoms with Gasteiger partial charge in [0.25, 0.3) is 0 Å². The summed E-state index contributed by atoms with van der Waals surface area (Å²) in [4.78, 5) is 5.38. The quantitative estimate of drug-likeness (QED) is 0.779. The molecule has 0 saturated carbocycles. The standard InChI is InChI=1S/C23H30N2/c1-19(21-10-6-3-7-11-21)12-13-24-15-22-17-25(18-23(22)16-24)14-20-8-4-2-5-9-20/h2-11,19,22-23H,12-18H2,1H3/t19-,22?,23?/m0/s1. The second-order valence-electron chi connectivity index (χ2n) is 8.06. The maximum Gasteiger partial charge on any atom is 0.0233 e. The van der Waals surface area contributed by atoms with Crippen LogP contribution in [0.2, 0.25) is 0 Å². The van der Waals surface area contributed by atoms with E-state index in [1.165, 1.54) is 50.3 Å². The molecule has 0 amide bonds. The van der Waals surface area contributed by atoms with Gasteiger partial charge in [-0.15, -0.1) is 0 Å². The van der Waals surface area contributed by atoms with Crippen LogP contribution >= 0.6 is 0 Å². The Kier molecular flexibility index (Phi) is 5.19. The molecule has 2 unspecified atom stereocenters. The lowest BCUT2D eigenvalue weighted by Gasteiger charge is -2.22. The van der Waals surface area contributed by atoms with Crippen molar-refractivity contribution < 1.29 is 0 Å². The minimum absolute atomic E-state index is 0.663. The molecule has 0 N–H and O–H groups in total. The van der Waals surface area contributed by atoms with Gasteiger partial charge >= 0.3 is 0 Å². The summed E-state index contributed by atoms with van der Waals surface area (Å²) in [6.45, 7) is 9.91. The number of nitrogens with zero attached hydrogens (tertiary/aromatic N) is 2. The average Bonchev–Trinajstić information content (AvgIpc) is 3.19. The van der Waals surface area contributed by atoms with E-state index in [-0.39, 0.29) is 0 Å². The number of fused-ring (bicyclic) bond motifs is 1. The van der Waals surface area contributed by atoms with Gasteiger partial charge in [0.1, 0.15) is 0 Å². The van der Waals surface area contributed by atoms with Crippen molar-refractivity contribution in [1.82, 2.24) is 9.80 Å². The van der Waals surface area contributed by atoms with Crippen molar-refractivity contribution >= 4 is 0 Å². The summed E-state index contributed by atoms with van der Waals surface area (Å²) in [7, 11) is 0. The van der Waals surface area contributed by atoms with Gasteiger partial charge in [0, 0.05) is 32.7 Å². The first kappa shape index (κ1) is 16.8. The van der Waals surface area contributed by atoms with E-state index >= 15 is 0 Å². The molecule has 2 aromatic carbocycles. The van der Waals surface area contributed by atoms with Crippen molar-refractivity contribution in [3.8, 4) is 0 Å². The van der Waals surface area contributed by atoms with Gasteiger partial charge in [-0.05, 0) is 41.8 Å². The molecular weight excluding hydrogens is 304 g/mol. The van der Waals surface area contributed by atoms with Gasteiger partial charge in [0.15, 0.2) is 0 Å². The summed E-state index contributed by atoms with van der Waals surface area (Å²) >= 11 is 0. The number of rotatable bonds is 6. The maximum absolute atomic E-state index is 2.72. The highest BCUT2D eigenvalue weighted by molar-refractivity contribution is 5.18. The zero-order valence-electron chi connectivity index (χ0n) is 15.3. The van der Waals surface area contributed by atoms with E-state index < -0.39 is 0 Å². The molecule has 0 bridgehead atoms. The molecule has 0 aromatic heterocycles. The number of benzene rings is 2. The fourth-order valence-electron chi connectivity index (χ4n) is 4.67. The molecule has 0 aliphatic carbocycles. The lowest BCUT2D eigenvalue weighted by Crippen LogP contribution is -2.29. The Balaban J connectivity index is 1.23. The normalized spacial score (nSPS) is 25.2. The first-order valence-electron chi connectivity index (χ1n) is 9.81. The van der Waals surface area contributed by atoms with Crippen molar-refractivity contribution in [2.24, 2.45) is 11.8 Å². The Labute approximate surface area is 152 Å². The van der Waals surface area contributed by atoms with Gasteiger partial charge in [-0.2, -0.15) is 0 Å². The van der Waals surface area contributed by atoms with Crippen LogP contribution in [0.4, 0.5) is 0 Å². The SMILES string of the molecule is C[C@@H](CCN1CC2CN(Cc3ccccc3)CC2C1)c1ccccc1. The summed E-state index contributed by atoms with van der Waals surface area (Å²) in [6.07, 6.45) is 1.27. The van der Waals surface area contributed by atoms with Crippen LogP contribution in [0.15, 0.2) is 60.7 Å². The Morgan fingerprint density at radius 1 is 0.800 bits per heavy atom. The zero-order chi connectivity index (χ0) is 17.1. The van der Waals surface area contributed by atoms with Crippen LogP contribution in [0.5, 0.6) is 0 Å². The van der Waals surface area contributed by atoms with Crippen LogP contribution in [-0.2, 0) is 6.54 Å². The van der Waals surface area contributed by atoms with Gasteiger partial charge in [0.2, 0.25) is 0 Å². The molecule has 2 fully saturated rings. The third kappa shape index (κ3) is 4.13. The van der Waals surface area contributed by atoms with Crippen molar-refractivity contribution in [1.29, 1.82) is 0 Å². The molecule has 0 spiro atoms. The molecule has 2 saturated heterocycles. The molecule has 2 heteroatoms. The third-order valence-corrected chi connectivity index (χ3v) is 6.13. The molecule has 2 heterocycles. The van der Waals surface area contributed by atoms with E-state index in [9.17, 15) is 0 Å². The van der Waals surface area contributed by atoms with Gasteiger partial charge in [-0.1, -0.05) is 67.6 Å². The second-order valence-corrected chi connectivity index (χ2v) is 8.06. The van der Waals surface area contributed by atoms with Crippen LogP contribution < -0.4 is 0 Å². The summed E-state index contributed by atoms with van der Waals surface area (Å²) in [5, 5.41) is 0. The van der Waals surface area contributed by atoms with Crippen molar-refractivity contribution in [3.05, 3.63) is 71.8 Å². The van der Waals surface area contributed by atoms with Crippen LogP contribution in [0.1, 0.15) is 30.4 Å². The second kappa shape index (κ2) is 7.72. The Hall–Kier alpha value is -1.64. The molecule has 132 valence electrons. The summed E-state index contributed by atoms with van der Waals surface area (Å²) in [5.41, 5.74) is 2.94. The zero-order valence-corrected chi connectivity index (χ0v) is 15.3. The monoisotopic (exact) mass is 334 g/mol. The minimum Gasteiger partial charge on any atom is -0.303 e. The predicted molar refractivity (Wildman–Crippen MR) is 105 cm³/mol. The Morgan fingerprint density at radius 3 is 2.00 bits per heavy atom. The van der Waals surface area contributed by atoms with Crippen LogP contribution in [0.3, 0.4) is 0 Å². The van der Waals surface area contributed by atoms with Crippen molar-refractivity contribution in [2.75, 3.05) is 32.7 Å². The maximum atomic E-state index is 2.72. The van der Waals surface area contributed by atoms with Crippen molar-refractivity contribution in [3.63, 3.8) is 0 Å². The first-order chi connectivity index (χ1) is 12.3. The molecule has 2 aromatic rings. The molecule has 0 radical (unpaired) electrons. The summed E-state index contributed by atoms with van der Waals surface area (Å²) in [5.74, 6) is 2.43. The van der Waals surface area contributed by atoms with Crippen LogP contribution in [0.25, 0.3) is 0 Å². The van der Waals surface area contributed by atoms with E-state index in [0.29, 0.717) is 5.92 Å². The topological polar surface area (TPSA) is 6.48 Å². The third-order valence-electron chi connectivity index (χ3n) is 6.13. The summed E-state index contributed by atoms with van der Waals surface area (Å²) < 4.78 is 0. The predicted octanol–water partition coefficient (Wildman–Crippen LogP) is 4.24. The molecule has 2 aliphatic heterocycles. The highest BCUT2D eigenvalue weighted by Crippen LogP contribution is 2.32. The minimum atomic E-state index is 0.663. The highest BCUT2D eigenvalue weighted by atomic mass is 15.2. The van der Waals surface area contributed by atoms with Gasteiger partial charge < -0.3 is 4.90 Å². The van der Waals surface area contributed by atoms with Gasteiger partial charge in [-0.25, -0.2) is 0 Å².